The first-order chi connectivity index (χ1) is 12.5. The molecule has 2 N–H and O–H groups in total. The Balaban J connectivity index is 1.66. The molecule has 3 rings (SSSR count). The minimum absolute atomic E-state index is 0.0927. The zero-order valence-corrected chi connectivity index (χ0v) is 14.6. The molecule has 8 nitrogen and oxygen atoms in total. The van der Waals surface area contributed by atoms with Crippen LogP contribution < -0.4 is 14.8 Å². The van der Waals surface area contributed by atoms with E-state index < -0.39 is 11.9 Å². The van der Waals surface area contributed by atoms with E-state index in [-0.39, 0.29) is 37.5 Å². The van der Waals surface area contributed by atoms with Crippen LogP contribution in [0.2, 0.25) is 0 Å². The summed E-state index contributed by atoms with van der Waals surface area (Å²) in [5.74, 6) is -0.842. The molecule has 0 aliphatic carbocycles. The van der Waals surface area contributed by atoms with Crippen LogP contribution in [-0.2, 0) is 14.4 Å². The van der Waals surface area contributed by atoms with Crippen molar-refractivity contribution in [1.29, 1.82) is 0 Å². The van der Waals surface area contributed by atoms with Crippen LogP contribution in [0.5, 0.6) is 11.5 Å². The van der Waals surface area contributed by atoms with Crippen molar-refractivity contribution in [2.24, 2.45) is 5.92 Å². The lowest BCUT2D eigenvalue weighted by molar-refractivity contribution is -0.142. The van der Waals surface area contributed by atoms with Gasteiger partial charge in [-0.15, -0.1) is 0 Å². The average Bonchev–Trinajstić information content (AvgIpc) is 3.24. The Hall–Kier alpha value is -2.77. The van der Waals surface area contributed by atoms with Crippen LogP contribution in [-0.4, -0.2) is 54.2 Å². The second kappa shape index (κ2) is 7.63. The highest BCUT2D eigenvalue weighted by molar-refractivity contribution is 5.80. The number of carboxylic acids is 1. The van der Waals surface area contributed by atoms with Gasteiger partial charge in [-0.05, 0) is 24.1 Å². The third kappa shape index (κ3) is 3.89. The number of carbonyl (C=O) groups excluding carboxylic acids is 2. The van der Waals surface area contributed by atoms with Crippen LogP contribution in [0.15, 0.2) is 18.2 Å². The van der Waals surface area contributed by atoms with E-state index in [1.165, 1.54) is 6.92 Å². The number of carbonyl (C=O) groups is 3. The molecule has 1 saturated heterocycles. The molecule has 0 unspecified atom stereocenters. The van der Waals surface area contributed by atoms with Crippen molar-refractivity contribution in [1.82, 2.24) is 10.2 Å². The van der Waals surface area contributed by atoms with Gasteiger partial charge in [-0.1, -0.05) is 6.07 Å². The first-order valence-electron chi connectivity index (χ1n) is 8.60. The maximum Gasteiger partial charge on any atom is 0.308 e. The van der Waals surface area contributed by atoms with Crippen molar-refractivity contribution in [2.75, 3.05) is 26.4 Å². The summed E-state index contributed by atoms with van der Waals surface area (Å²) in [6.07, 6.45) is 0.807. The van der Waals surface area contributed by atoms with Gasteiger partial charge in [-0.3, -0.25) is 14.4 Å². The molecule has 0 aromatic heterocycles. The van der Waals surface area contributed by atoms with E-state index in [9.17, 15) is 19.5 Å². The number of rotatable bonds is 6. The number of amides is 2. The van der Waals surface area contributed by atoms with E-state index in [1.807, 2.05) is 6.07 Å². The van der Waals surface area contributed by atoms with E-state index in [0.29, 0.717) is 31.0 Å². The molecule has 2 heterocycles. The van der Waals surface area contributed by atoms with Crippen LogP contribution in [0.25, 0.3) is 0 Å². The second-order valence-corrected chi connectivity index (χ2v) is 6.55. The first kappa shape index (κ1) is 18.0. The van der Waals surface area contributed by atoms with Crippen LogP contribution in [0, 0.1) is 5.92 Å². The maximum atomic E-state index is 12.4. The van der Waals surface area contributed by atoms with Crippen LogP contribution in [0.4, 0.5) is 0 Å². The summed E-state index contributed by atoms with van der Waals surface area (Å²) in [7, 11) is 0. The van der Waals surface area contributed by atoms with E-state index in [4.69, 9.17) is 9.47 Å². The maximum absolute atomic E-state index is 12.4. The van der Waals surface area contributed by atoms with Crippen molar-refractivity contribution in [2.45, 2.75) is 25.7 Å². The highest BCUT2D eigenvalue weighted by atomic mass is 16.7. The Morgan fingerprint density at radius 3 is 2.73 bits per heavy atom. The Bertz CT molecular complexity index is 720. The summed E-state index contributed by atoms with van der Waals surface area (Å²) < 4.78 is 10.7. The summed E-state index contributed by atoms with van der Waals surface area (Å²) in [5, 5.41) is 12.2. The number of carboxylic acid groups (broad SMARTS) is 1. The lowest BCUT2D eigenvalue weighted by Gasteiger charge is -2.17. The number of aliphatic carboxylic acids is 1. The van der Waals surface area contributed by atoms with Crippen LogP contribution in [0.3, 0.4) is 0 Å². The number of nitrogens with zero attached hydrogens (tertiary/aromatic N) is 1. The molecule has 8 heteroatoms. The van der Waals surface area contributed by atoms with Gasteiger partial charge < -0.3 is 24.8 Å². The van der Waals surface area contributed by atoms with Gasteiger partial charge in [0.2, 0.25) is 18.6 Å². The van der Waals surface area contributed by atoms with Crippen molar-refractivity contribution in [3.05, 3.63) is 23.8 Å². The van der Waals surface area contributed by atoms with Gasteiger partial charge in [-0.25, -0.2) is 0 Å². The summed E-state index contributed by atoms with van der Waals surface area (Å²) in [6, 6.07) is 5.40. The fourth-order valence-electron chi connectivity index (χ4n) is 3.40. The molecule has 0 radical (unpaired) electrons. The van der Waals surface area contributed by atoms with Crippen molar-refractivity contribution < 1.29 is 29.0 Å². The number of nitrogens with one attached hydrogen (secondary N) is 1. The third-order valence-electron chi connectivity index (χ3n) is 4.76. The summed E-state index contributed by atoms with van der Waals surface area (Å²) in [5.41, 5.74) is 0.829. The predicted octanol–water partition coefficient (Wildman–Crippen LogP) is 0.958. The van der Waals surface area contributed by atoms with Crippen LogP contribution >= 0.6 is 0 Å². The van der Waals surface area contributed by atoms with Crippen molar-refractivity contribution in [3.8, 4) is 11.5 Å². The Morgan fingerprint density at radius 1 is 1.23 bits per heavy atom. The van der Waals surface area contributed by atoms with Gasteiger partial charge in [0.05, 0.1) is 5.92 Å². The molecule has 2 amide bonds. The zero-order chi connectivity index (χ0) is 18.7. The van der Waals surface area contributed by atoms with Gasteiger partial charge in [0.15, 0.2) is 11.5 Å². The summed E-state index contributed by atoms with van der Waals surface area (Å²) >= 11 is 0. The van der Waals surface area contributed by atoms with Crippen molar-refractivity contribution in [3.63, 3.8) is 0 Å². The zero-order valence-electron chi connectivity index (χ0n) is 14.6. The van der Waals surface area contributed by atoms with E-state index in [0.717, 1.165) is 5.56 Å². The smallest absolute Gasteiger partial charge is 0.308 e. The molecule has 0 bridgehead atoms. The molecular formula is C18H22N2O6. The molecule has 2 atom stereocenters. The highest BCUT2D eigenvalue weighted by Gasteiger charge is 2.40. The third-order valence-corrected chi connectivity index (χ3v) is 4.76. The number of hydrogen-bond acceptors (Lipinski definition) is 5. The molecule has 1 aromatic carbocycles. The first-order valence-corrected chi connectivity index (χ1v) is 8.60. The predicted molar refractivity (Wildman–Crippen MR) is 90.9 cm³/mol. The van der Waals surface area contributed by atoms with Gasteiger partial charge >= 0.3 is 5.97 Å². The van der Waals surface area contributed by atoms with Gasteiger partial charge in [0, 0.05) is 38.9 Å². The molecule has 0 spiro atoms. The second-order valence-electron chi connectivity index (χ2n) is 6.55. The Morgan fingerprint density at radius 2 is 2.00 bits per heavy atom. The molecule has 140 valence electrons. The fraction of sp³-hybridized carbons (Fsp3) is 0.500. The lowest BCUT2D eigenvalue weighted by atomic mass is 9.89. The highest BCUT2D eigenvalue weighted by Crippen LogP contribution is 2.39. The van der Waals surface area contributed by atoms with Crippen molar-refractivity contribution >= 4 is 17.8 Å². The SMILES string of the molecule is CC(=O)NCCCC(=O)N1C[C@H](C(=O)O)[C@@H](c2ccc3c(c2)OCO3)C1. The summed E-state index contributed by atoms with van der Waals surface area (Å²) in [4.78, 5) is 36.5. The average molecular weight is 362 g/mol. The quantitative estimate of drug-likeness (QED) is 0.730. The van der Waals surface area contributed by atoms with Gasteiger partial charge in [0.25, 0.3) is 0 Å². The molecule has 2 aliphatic rings. The minimum Gasteiger partial charge on any atom is -0.481 e. The minimum atomic E-state index is -0.916. The number of fused-ring (bicyclic) bond motifs is 1. The topological polar surface area (TPSA) is 105 Å². The van der Waals surface area contributed by atoms with E-state index in [2.05, 4.69) is 5.32 Å². The number of ether oxygens (including phenoxy) is 2. The van der Waals surface area contributed by atoms with Crippen LogP contribution in [0.1, 0.15) is 31.2 Å². The molecule has 26 heavy (non-hydrogen) atoms. The Kier molecular flexibility index (Phi) is 5.29. The monoisotopic (exact) mass is 362 g/mol. The normalized spacial score (nSPS) is 20.9. The molecule has 1 aromatic rings. The number of benzene rings is 1. The molecule has 2 aliphatic heterocycles. The summed E-state index contributed by atoms with van der Waals surface area (Å²) in [6.45, 7) is 2.56. The van der Waals surface area contributed by atoms with Gasteiger partial charge in [-0.2, -0.15) is 0 Å². The molecule has 0 saturated carbocycles. The van der Waals surface area contributed by atoms with Gasteiger partial charge in [0.1, 0.15) is 0 Å². The molecular weight excluding hydrogens is 340 g/mol. The molecule has 1 fully saturated rings. The Labute approximate surface area is 151 Å². The number of hydrogen-bond donors (Lipinski definition) is 2. The largest absolute Gasteiger partial charge is 0.481 e. The lowest BCUT2D eigenvalue weighted by Crippen LogP contribution is -2.30. The van der Waals surface area contributed by atoms with E-state index in [1.54, 1.807) is 17.0 Å². The van der Waals surface area contributed by atoms with E-state index >= 15 is 0 Å². The standard InChI is InChI=1S/C18H22N2O6/c1-11(21)19-6-2-3-17(22)20-8-13(14(9-20)18(23)24)12-4-5-15-16(7-12)26-10-25-15/h4-5,7,13-14H,2-3,6,8-10H2,1H3,(H,19,21)(H,23,24)/t13-,14+/m1/s1. The number of likely N-dealkylation sites (tertiary alicyclic amines) is 1. The fourth-order valence-corrected chi connectivity index (χ4v) is 3.40.